The Kier molecular flexibility index (Phi) is 4.28. The van der Waals surface area contributed by atoms with E-state index in [0.717, 1.165) is 28.7 Å². The Morgan fingerprint density at radius 1 is 1.21 bits per heavy atom. The molecule has 19 heavy (non-hydrogen) atoms. The second-order valence-electron chi connectivity index (χ2n) is 3.92. The highest BCUT2D eigenvalue weighted by molar-refractivity contribution is 5.69. The third kappa shape index (κ3) is 2.99. The molecule has 0 aliphatic heterocycles. The number of rotatable bonds is 6. The van der Waals surface area contributed by atoms with Crippen molar-refractivity contribution in [2.24, 2.45) is 0 Å². The van der Waals surface area contributed by atoms with Gasteiger partial charge in [0.05, 0.1) is 25.1 Å². The molecule has 0 bridgehead atoms. The average Bonchev–Trinajstić information content (AvgIpc) is 2.88. The minimum absolute atomic E-state index is 0.607. The van der Waals surface area contributed by atoms with Crippen molar-refractivity contribution in [3.05, 3.63) is 24.4 Å². The Labute approximate surface area is 113 Å². The molecule has 0 radical (unpaired) electrons. The second-order valence-corrected chi connectivity index (χ2v) is 3.92. The maximum Gasteiger partial charge on any atom is 0.200 e. The van der Waals surface area contributed by atoms with Gasteiger partial charge in [-0.15, -0.1) is 0 Å². The van der Waals surface area contributed by atoms with Crippen LogP contribution in [0.2, 0.25) is 0 Å². The molecule has 1 aromatic heterocycles. The molecule has 2 aromatic rings. The van der Waals surface area contributed by atoms with Gasteiger partial charge in [0.1, 0.15) is 11.5 Å². The second kappa shape index (κ2) is 6.13. The van der Waals surface area contributed by atoms with Crippen molar-refractivity contribution in [3.8, 4) is 22.8 Å². The molecule has 1 aromatic carbocycles. The summed E-state index contributed by atoms with van der Waals surface area (Å²) in [5.74, 6) is 2.33. The first-order chi connectivity index (χ1) is 9.28. The number of anilines is 1. The van der Waals surface area contributed by atoms with Gasteiger partial charge in [-0.1, -0.05) is 0 Å². The first-order valence-corrected chi connectivity index (χ1v) is 6.41. The van der Waals surface area contributed by atoms with E-state index >= 15 is 0 Å². The highest BCUT2D eigenvalue weighted by atomic mass is 16.5. The van der Waals surface area contributed by atoms with Crippen LogP contribution in [0.5, 0.6) is 11.5 Å². The predicted molar refractivity (Wildman–Crippen MR) is 75.9 cm³/mol. The van der Waals surface area contributed by atoms with Crippen LogP contribution in [-0.4, -0.2) is 30.2 Å². The van der Waals surface area contributed by atoms with Gasteiger partial charge in [-0.3, -0.25) is 0 Å². The Morgan fingerprint density at radius 2 is 2.00 bits per heavy atom. The first-order valence-electron chi connectivity index (χ1n) is 6.41. The lowest BCUT2D eigenvalue weighted by molar-refractivity contribution is 0.324. The molecule has 2 N–H and O–H groups in total. The lowest BCUT2D eigenvalue weighted by Gasteiger charge is -2.11. The third-order valence-corrected chi connectivity index (χ3v) is 2.67. The van der Waals surface area contributed by atoms with Crippen molar-refractivity contribution >= 4 is 5.95 Å². The van der Waals surface area contributed by atoms with Gasteiger partial charge in [-0.05, 0) is 26.0 Å². The molecule has 0 atom stereocenters. The third-order valence-electron chi connectivity index (χ3n) is 2.67. The van der Waals surface area contributed by atoms with Crippen LogP contribution in [0.4, 0.5) is 5.95 Å². The fourth-order valence-electron chi connectivity index (χ4n) is 1.84. The van der Waals surface area contributed by atoms with Crippen LogP contribution >= 0.6 is 0 Å². The van der Waals surface area contributed by atoms with Crippen molar-refractivity contribution in [1.82, 2.24) is 9.97 Å². The van der Waals surface area contributed by atoms with Crippen LogP contribution in [0, 0.1) is 0 Å². The van der Waals surface area contributed by atoms with E-state index in [1.807, 2.05) is 39.1 Å². The van der Waals surface area contributed by atoms with E-state index in [2.05, 4.69) is 15.3 Å². The molecule has 0 spiro atoms. The molecular formula is C14H19N3O2. The van der Waals surface area contributed by atoms with E-state index in [-0.39, 0.29) is 0 Å². The van der Waals surface area contributed by atoms with Crippen LogP contribution in [0.1, 0.15) is 13.8 Å². The molecule has 0 unspecified atom stereocenters. The monoisotopic (exact) mass is 261 g/mol. The standard InChI is InChI=1S/C14H19N3O2/c1-4-18-10-6-7-11(13(8-10)19-5-2)12-9-16-14(15-3)17-12/h6-9H,4-5H2,1-3H3,(H2,15,16,17). The SMILES string of the molecule is CCOc1ccc(-c2cnc(NC)[nH]2)c(OCC)c1. The lowest BCUT2D eigenvalue weighted by Crippen LogP contribution is -1.97. The topological polar surface area (TPSA) is 59.2 Å². The summed E-state index contributed by atoms with van der Waals surface area (Å²) < 4.78 is 11.2. The summed E-state index contributed by atoms with van der Waals surface area (Å²) in [6.45, 7) is 5.17. The number of nitrogens with zero attached hydrogens (tertiary/aromatic N) is 1. The van der Waals surface area contributed by atoms with Crippen molar-refractivity contribution in [3.63, 3.8) is 0 Å². The molecule has 102 valence electrons. The Morgan fingerprint density at radius 3 is 2.63 bits per heavy atom. The van der Waals surface area contributed by atoms with Gasteiger partial charge < -0.3 is 19.8 Å². The predicted octanol–water partition coefficient (Wildman–Crippen LogP) is 2.92. The maximum atomic E-state index is 5.67. The van der Waals surface area contributed by atoms with E-state index < -0.39 is 0 Å². The minimum Gasteiger partial charge on any atom is -0.494 e. The Bertz CT molecular complexity index is 537. The Hall–Kier alpha value is -2.17. The summed E-state index contributed by atoms with van der Waals surface area (Å²) >= 11 is 0. The largest absolute Gasteiger partial charge is 0.494 e. The van der Waals surface area contributed by atoms with Gasteiger partial charge in [-0.2, -0.15) is 0 Å². The summed E-state index contributed by atoms with van der Waals surface area (Å²) in [7, 11) is 1.82. The van der Waals surface area contributed by atoms with Crippen molar-refractivity contribution in [2.75, 3.05) is 25.6 Å². The molecule has 0 saturated heterocycles. The normalized spacial score (nSPS) is 10.3. The van der Waals surface area contributed by atoms with Gasteiger partial charge in [0, 0.05) is 18.7 Å². The highest BCUT2D eigenvalue weighted by Gasteiger charge is 2.10. The summed E-state index contributed by atoms with van der Waals surface area (Å²) in [5, 5.41) is 2.97. The van der Waals surface area contributed by atoms with Crippen molar-refractivity contribution in [1.29, 1.82) is 0 Å². The minimum atomic E-state index is 0.607. The number of nitrogens with one attached hydrogen (secondary N) is 2. The summed E-state index contributed by atoms with van der Waals surface area (Å²) in [4.78, 5) is 7.40. The average molecular weight is 261 g/mol. The number of aromatic amines is 1. The van der Waals surface area contributed by atoms with Gasteiger partial charge in [0.25, 0.3) is 0 Å². The van der Waals surface area contributed by atoms with Crippen LogP contribution in [-0.2, 0) is 0 Å². The lowest BCUT2D eigenvalue weighted by atomic mass is 10.1. The van der Waals surface area contributed by atoms with E-state index in [9.17, 15) is 0 Å². The zero-order valence-electron chi connectivity index (χ0n) is 11.5. The number of hydrogen-bond donors (Lipinski definition) is 2. The summed E-state index contributed by atoms with van der Waals surface area (Å²) in [5.41, 5.74) is 1.88. The van der Waals surface area contributed by atoms with Gasteiger partial charge in [-0.25, -0.2) is 4.98 Å². The number of ether oxygens (including phenoxy) is 2. The highest BCUT2D eigenvalue weighted by Crippen LogP contribution is 2.33. The van der Waals surface area contributed by atoms with Gasteiger partial charge in [0.15, 0.2) is 5.95 Å². The molecule has 0 amide bonds. The molecule has 5 heteroatoms. The van der Waals surface area contributed by atoms with Crippen LogP contribution < -0.4 is 14.8 Å². The van der Waals surface area contributed by atoms with E-state index in [1.165, 1.54) is 0 Å². The van der Waals surface area contributed by atoms with E-state index in [4.69, 9.17) is 9.47 Å². The molecule has 0 fully saturated rings. The molecular weight excluding hydrogens is 242 g/mol. The number of H-pyrrole nitrogens is 1. The fourth-order valence-corrected chi connectivity index (χ4v) is 1.84. The fraction of sp³-hybridized carbons (Fsp3) is 0.357. The number of imidazole rings is 1. The van der Waals surface area contributed by atoms with Crippen LogP contribution in [0.25, 0.3) is 11.3 Å². The molecule has 0 aliphatic carbocycles. The first kappa shape index (κ1) is 13.3. The summed E-state index contributed by atoms with van der Waals surface area (Å²) in [6, 6.07) is 5.81. The molecule has 5 nitrogen and oxygen atoms in total. The zero-order valence-corrected chi connectivity index (χ0v) is 11.5. The Balaban J connectivity index is 2.37. The van der Waals surface area contributed by atoms with E-state index in [1.54, 1.807) is 6.20 Å². The smallest absolute Gasteiger partial charge is 0.200 e. The van der Waals surface area contributed by atoms with Gasteiger partial charge >= 0.3 is 0 Å². The summed E-state index contributed by atoms with van der Waals surface area (Å²) in [6.07, 6.45) is 1.78. The zero-order chi connectivity index (χ0) is 13.7. The van der Waals surface area contributed by atoms with Crippen molar-refractivity contribution < 1.29 is 9.47 Å². The van der Waals surface area contributed by atoms with Crippen LogP contribution in [0.3, 0.4) is 0 Å². The molecule has 0 saturated carbocycles. The number of benzene rings is 1. The van der Waals surface area contributed by atoms with E-state index in [0.29, 0.717) is 13.2 Å². The van der Waals surface area contributed by atoms with Gasteiger partial charge in [0.2, 0.25) is 0 Å². The number of aromatic nitrogens is 2. The molecule has 1 heterocycles. The molecule has 0 aliphatic rings. The maximum absolute atomic E-state index is 5.67. The van der Waals surface area contributed by atoms with Crippen LogP contribution in [0.15, 0.2) is 24.4 Å². The molecule has 2 rings (SSSR count). The quantitative estimate of drug-likeness (QED) is 0.839. The van der Waals surface area contributed by atoms with Crippen molar-refractivity contribution in [2.45, 2.75) is 13.8 Å². The number of hydrogen-bond acceptors (Lipinski definition) is 4.